The van der Waals surface area contributed by atoms with Crippen molar-refractivity contribution in [2.24, 2.45) is 0 Å². The third-order valence-electron chi connectivity index (χ3n) is 2.26. The van der Waals surface area contributed by atoms with Crippen LogP contribution in [0.1, 0.15) is 28.4 Å². The predicted molar refractivity (Wildman–Crippen MR) is 52.5 cm³/mol. The fourth-order valence-electron chi connectivity index (χ4n) is 1.31. The number of benzene rings is 1. The van der Waals surface area contributed by atoms with Crippen LogP contribution in [0.4, 0.5) is 0 Å². The van der Waals surface area contributed by atoms with E-state index in [4.69, 9.17) is 4.74 Å². The van der Waals surface area contributed by atoms with Crippen LogP contribution in [0, 0.1) is 13.8 Å². The molecule has 0 aliphatic heterocycles. The lowest BCUT2D eigenvalue weighted by atomic mass is 10.0. The number of carbonyl (C=O) groups excluding carboxylic acids is 1. The van der Waals surface area contributed by atoms with E-state index in [1.54, 1.807) is 20.1 Å². The maximum absolute atomic E-state index is 11.2. The van der Waals surface area contributed by atoms with E-state index < -0.39 is 0 Å². The minimum absolute atomic E-state index is 0.0829. The molecule has 0 saturated heterocycles. The summed E-state index contributed by atoms with van der Waals surface area (Å²) in [6, 6.07) is 3.71. The number of aryl methyl sites for hydroxylation is 1. The fourth-order valence-corrected chi connectivity index (χ4v) is 1.31. The average Bonchev–Trinajstić information content (AvgIpc) is 2.09. The Bertz CT molecular complexity index is 340. The van der Waals surface area contributed by atoms with E-state index in [1.165, 1.54) is 0 Å². The highest BCUT2D eigenvalue weighted by Crippen LogP contribution is 2.21. The molecule has 0 radical (unpaired) electrons. The average molecular weight is 178 g/mol. The van der Waals surface area contributed by atoms with Crippen molar-refractivity contribution in [1.82, 2.24) is 0 Å². The van der Waals surface area contributed by atoms with Crippen LogP contribution in [-0.4, -0.2) is 12.9 Å². The van der Waals surface area contributed by atoms with Gasteiger partial charge in [-0.2, -0.15) is 0 Å². The molecule has 13 heavy (non-hydrogen) atoms. The van der Waals surface area contributed by atoms with Gasteiger partial charge in [-0.1, -0.05) is 0 Å². The van der Waals surface area contributed by atoms with Crippen LogP contribution in [0.5, 0.6) is 5.75 Å². The summed E-state index contributed by atoms with van der Waals surface area (Å²) in [7, 11) is 1.61. The first kappa shape index (κ1) is 9.78. The Morgan fingerprint density at radius 1 is 1.31 bits per heavy atom. The summed E-state index contributed by atoms with van der Waals surface area (Å²) < 4.78 is 5.09. The van der Waals surface area contributed by atoms with Gasteiger partial charge in [0.25, 0.3) is 0 Å². The molecule has 0 aliphatic rings. The van der Waals surface area contributed by atoms with Crippen molar-refractivity contribution in [2.75, 3.05) is 7.11 Å². The smallest absolute Gasteiger partial charge is 0.160 e. The van der Waals surface area contributed by atoms with Gasteiger partial charge < -0.3 is 4.74 Å². The van der Waals surface area contributed by atoms with Crippen LogP contribution in [-0.2, 0) is 0 Å². The summed E-state index contributed by atoms with van der Waals surface area (Å²) in [6.07, 6.45) is 0. The van der Waals surface area contributed by atoms with Gasteiger partial charge in [-0.25, -0.2) is 0 Å². The SMILES string of the molecule is COc1cc(C)c(C)c(C(C)=O)c1. The van der Waals surface area contributed by atoms with Crippen molar-refractivity contribution in [3.63, 3.8) is 0 Å². The minimum Gasteiger partial charge on any atom is -0.497 e. The summed E-state index contributed by atoms with van der Waals surface area (Å²) >= 11 is 0. The molecule has 0 fully saturated rings. The topological polar surface area (TPSA) is 26.3 Å². The number of Topliss-reactive ketones (excluding diaryl/α,β-unsaturated/α-hetero) is 1. The molecule has 0 heterocycles. The number of hydrogen-bond acceptors (Lipinski definition) is 2. The summed E-state index contributed by atoms with van der Waals surface area (Å²) in [6.45, 7) is 5.50. The molecule has 2 heteroatoms. The Morgan fingerprint density at radius 2 is 1.92 bits per heavy atom. The Labute approximate surface area is 78.5 Å². The minimum atomic E-state index is 0.0829. The van der Waals surface area contributed by atoms with E-state index in [-0.39, 0.29) is 5.78 Å². The molecule has 0 aliphatic carbocycles. The van der Waals surface area contributed by atoms with Crippen molar-refractivity contribution in [2.45, 2.75) is 20.8 Å². The van der Waals surface area contributed by atoms with E-state index in [2.05, 4.69) is 0 Å². The second-order valence-electron chi connectivity index (χ2n) is 3.17. The number of rotatable bonds is 2. The molecular formula is C11H14O2. The number of ketones is 1. The molecule has 0 spiro atoms. The Kier molecular flexibility index (Phi) is 2.71. The summed E-state index contributed by atoms with van der Waals surface area (Å²) in [5.41, 5.74) is 2.87. The van der Waals surface area contributed by atoms with Crippen molar-refractivity contribution >= 4 is 5.78 Å². The standard InChI is InChI=1S/C11H14O2/c1-7-5-10(13-4)6-11(8(7)2)9(3)12/h5-6H,1-4H3. The number of hydrogen-bond donors (Lipinski definition) is 0. The van der Waals surface area contributed by atoms with E-state index >= 15 is 0 Å². The maximum Gasteiger partial charge on any atom is 0.160 e. The molecule has 0 N–H and O–H groups in total. The Balaban J connectivity index is 3.33. The largest absolute Gasteiger partial charge is 0.497 e. The predicted octanol–water partition coefficient (Wildman–Crippen LogP) is 2.51. The van der Waals surface area contributed by atoms with E-state index in [0.717, 1.165) is 22.4 Å². The lowest BCUT2D eigenvalue weighted by Gasteiger charge is -2.08. The van der Waals surface area contributed by atoms with Gasteiger partial charge in [0, 0.05) is 5.56 Å². The van der Waals surface area contributed by atoms with Crippen molar-refractivity contribution in [3.05, 3.63) is 28.8 Å². The number of ether oxygens (including phenoxy) is 1. The molecule has 0 atom stereocenters. The Morgan fingerprint density at radius 3 is 2.38 bits per heavy atom. The highest BCUT2D eigenvalue weighted by molar-refractivity contribution is 5.96. The maximum atomic E-state index is 11.2. The van der Waals surface area contributed by atoms with Gasteiger partial charge in [0.1, 0.15) is 5.75 Å². The molecule has 0 bridgehead atoms. The molecule has 0 unspecified atom stereocenters. The monoisotopic (exact) mass is 178 g/mol. The summed E-state index contributed by atoms with van der Waals surface area (Å²) in [4.78, 5) is 11.2. The van der Waals surface area contributed by atoms with Gasteiger partial charge in [0.15, 0.2) is 5.78 Å². The summed E-state index contributed by atoms with van der Waals surface area (Å²) in [5.74, 6) is 0.827. The third kappa shape index (κ3) is 1.89. The van der Waals surface area contributed by atoms with Crippen LogP contribution >= 0.6 is 0 Å². The van der Waals surface area contributed by atoms with E-state index in [1.807, 2.05) is 19.9 Å². The van der Waals surface area contributed by atoms with Gasteiger partial charge in [0.2, 0.25) is 0 Å². The zero-order valence-electron chi connectivity index (χ0n) is 8.47. The highest BCUT2D eigenvalue weighted by Gasteiger charge is 2.08. The van der Waals surface area contributed by atoms with Crippen LogP contribution in [0.15, 0.2) is 12.1 Å². The first-order chi connectivity index (χ1) is 6.06. The third-order valence-corrected chi connectivity index (χ3v) is 2.26. The normalized spacial score (nSPS) is 9.85. The molecule has 0 amide bonds. The molecule has 1 aromatic rings. The first-order valence-corrected chi connectivity index (χ1v) is 4.22. The van der Waals surface area contributed by atoms with Gasteiger partial charge in [-0.15, -0.1) is 0 Å². The second kappa shape index (κ2) is 3.60. The summed E-state index contributed by atoms with van der Waals surface area (Å²) in [5, 5.41) is 0. The molecule has 1 aromatic carbocycles. The molecule has 2 nitrogen and oxygen atoms in total. The lowest BCUT2D eigenvalue weighted by Crippen LogP contribution is -1.99. The van der Waals surface area contributed by atoms with Crippen LogP contribution in [0.25, 0.3) is 0 Å². The molecule has 70 valence electrons. The van der Waals surface area contributed by atoms with Crippen molar-refractivity contribution in [3.8, 4) is 5.75 Å². The first-order valence-electron chi connectivity index (χ1n) is 4.22. The van der Waals surface area contributed by atoms with Crippen LogP contribution in [0.3, 0.4) is 0 Å². The van der Waals surface area contributed by atoms with Crippen LogP contribution < -0.4 is 4.74 Å². The zero-order valence-corrected chi connectivity index (χ0v) is 8.47. The van der Waals surface area contributed by atoms with E-state index in [9.17, 15) is 4.79 Å². The van der Waals surface area contributed by atoms with Gasteiger partial charge in [-0.3, -0.25) is 4.79 Å². The molecule has 1 rings (SSSR count). The van der Waals surface area contributed by atoms with E-state index in [0.29, 0.717) is 0 Å². The fraction of sp³-hybridized carbons (Fsp3) is 0.364. The molecule has 0 aromatic heterocycles. The lowest BCUT2D eigenvalue weighted by molar-refractivity contribution is 0.101. The van der Waals surface area contributed by atoms with Gasteiger partial charge in [-0.05, 0) is 44.0 Å². The van der Waals surface area contributed by atoms with Crippen molar-refractivity contribution in [1.29, 1.82) is 0 Å². The van der Waals surface area contributed by atoms with Gasteiger partial charge in [0.05, 0.1) is 7.11 Å². The quantitative estimate of drug-likeness (QED) is 0.650. The zero-order chi connectivity index (χ0) is 10.0. The van der Waals surface area contributed by atoms with Gasteiger partial charge >= 0.3 is 0 Å². The van der Waals surface area contributed by atoms with Crippen molar-refractivity contribution < 1.29 is 9.53 Å². The van der Waals surface area contributed by atoms with Crippen LogP contribution in [0.2, 0.25) is 0 Å². The second-order valence-corrected chi connectivity index (χ2v) is 3.17. The number of carbonyl (C=O) groups is 1. The Hall–Kier alpha value is -1.31. The molecular weight excluding hydrogens is 164 g/mol. The molecule has 0 saturated carbocycles. The number of methoxy groups -OCH3 is 1. The highest BCUT2D eigenvalue weighted by atomic mass is 16.5.